The van der Waals surface area contributed by atoms with E-state index < -0.39 is 48.5 Å². The van der Waals surface area contributed by atoms with Gasteiger partial charge in [0.1, 0.15) is 5.69 Å². The van der Waals surface area contributed by atoms with Crippen LogP contribution < -0.4 is 5.32 Å². The molecule has 3 aromatic rings. The van der Waals surface area contributed by atoms with Crippen LogP contribution in [0.15, 0.2) is 36.8 Å². The monoisotopic (exact) mass is 512 g/mol. The van der Waals surface area contributed by atoms with E-state index in [-0.39, 0.29) is 18.2 Å². The van der Waals surface area contributed by atoms with E-state index in [9.17, 15) is 26.7 Å². The SMILES string of the molecule is Cc1nc(C(=O)N2CC(F)(F)C[C@@H](C)C2CNc2ncc(C(F)(F)F)cn2)c(-c2ccccn2)s1. The topological polar surface area (TPSA) is 83.9 Å². The minimum Gasteiger partial charge on any atom is -0.352 e. The second kappa shape index (κ2) is 9.44. The summed E-state index contributed by atoms with van der Waals surface area (Å²) in [4.78, 5) is 31.0. The Morgan fingerprint density at radius 3 is 2.57 bits per heavy atom. The van der Waals surface area contributed by atoms with Crippen molar-refractivity contribution in [3.05, 3.63) is 53.1 Å². The van der Waals surface area contributed by atoms with Crippen LogP contribution in [0.25, 0.3) is 10.6 Å². The number of alkyl halides is 5. The van der Waals surface area contributed by atoms with Crippen molar-refractivity contribution in [3.63, 3.8) is 0 Å². The van der Waals surface area contributed by atoms with Crippen LogP contribution in [0.5, 0.6) is 0 Å². The lowest BCUT2D eigenvalue weighted by molar-refractivity contribution is -0.138. The van der Waals surface area contributed by atoms with Crippen molar-refractivity contribution in [1.29, 1.82) is 0 Å². The van der Waals surface area contributed by atoms with E-state index in [0.29, 0.717) is 28.0 Å². The Kier molecular flexibility index (Phi) is 6.71. The van der Waals surface area contributed by atoms with Crippen molar-refractivity contribution < 1.29 is 26.7 Å². The number of hydrogen-bond donors (Lipinski definition) is 1. The van der Waals surface area contributed by atoms with E-state index in [0.717, 1.165) is 4.90 Å². The molecule has 1 amide bonds. The number of amides is 1. The summed E-state index contributed by atoms with van der Waals surface area (Å²) >= 11 is 1.24. The first-order valence-electron chi connectivity index (χ1n) is 10.7. The number of carbonyl (C=O) groups excluding carboxylic acids is 1. The van der Waals surface area contributed by atoms with Crippen LogP contribution >= 0.6 is 11.3 Å². The van der Waals surface area contributed by atoms with E-state index in [1.54, 1.807) is 38.2 Å². The molecule has 35 heavy (non-hydrogen) atoms. The van der Waals surface area contributed by atoms with Crippen molar-refractivity contribution in [3.8, 4) is 10.6 Å². The minimum atomic E-state index is -4.58. The van der Waals surface area contributed by atoms with Gasteiger partial charge in [-0.25, -0.2) is 23.7 Å². The van der Waals surface area contributed by atoms with Crippen LogP contribution in [0.1, 0.15) is 34.4 Å². The molecule has 2 atom stereocenters. The predicted molar refractivity (Wildman–Crippen MR) is 119 cm³/mol. The third-order valence-electron chi connectivity index (χ3n) is 5.62. The highest BCUT2D eigenvalue weighted by Gasteiger charge is 2.47. The molecule has 13 heteroatoms. The van der Waals surface area contributed by atoms with Crippen LogP contribution in [-0.2, 0) is 6.18 Å². The lowest BCUT2D eigenvalue weighted by Gasteiger charge is -2.43. The number of nitrogens with zero attached hydrogens (tertiary/aromatic N) is 5. The maximum atomic E-state index is 14.5. The number of aromatic nitrogens is 4. The Balaban J connectivity index is 1.60. The standard InChI is InChI=1S/C22H21F5N6OS/c1-12-7-21(23,24)11-33(16(12)10-31-20-29-8-14(9-30-20)22(25,26)27)19(34)17-18(35-13(2)32-17)15-5-3-4-6-28-15/h3-6,8-9,12,16H,7,10-11H2,1-2H3,(H,29,30,31)/t12-,16?/m1/s1. The van der Waals surface area contributed by atoms with Crippen LogP contribution in [0.2, 0.25) is 0 Å². The summed E-state index contributed by atoms with van der Waals surface area (Å²) in [6.07, 6.45) is -2.20. The fourth-order valence-corrected chi connectivity index (χ4v) is 4.91. The molecule has 1 N–H and O–H groups in total. The van der Waals surface area contributed by atoms with E-state index in [1.165, 1.54) is 11.3 Å². The molecule has 7 nitrogen and oxygen atoms in total. The molecule has 0 radical (unpaired) electrons. The number of halogens is 5. The van der Waals surface area contributed by atoms with Gasteiger partial charge in [-0.3, -0.25) is 9.78 Å². The van der Waals surface area contributed by atoms with Crippen molar-refractivity contribution in [2.24, 2.45) is 5.92 Å². The average Bonchev–Trinajstić information content (AvgIpc) is 3.19. The first-order valence-corrected chi connectivity index (χ1v) is 11.5. The van der Waals surface area contributed by atoms with Gasteiger partial charge in [-0.05, 0) is 25.0 Å². The van der Waals surface area contributed by atoms with Crippen LogP contribution in [-0.4, -0.2) is 55.8 Å². The molecule has 0 bridgehead atoms. The van der Waals surface area contributed by atoms with Crippen molar-refractivity contribution in [2.45, 2.75) is 38.4 Å². The number of nitrogens with one attached hydrogen (secondary N) is 1. The van der Waals surface area contributed by atoms with E-state index in [4.69, 9.17) is 0 Å². The molecule has 1 aliphatic heterocycles. The zero-order chi connectivity index (χ0) is 25.4. The van der Waals surface area contributed by atoms with Crippen molar-refractivity contribution in [2.75, 3.05) is 18.4 Å². The Hall–Kier alpha value is -3.22. The average molecular weight is 513 g/mol. The van der Waals surface area contributed by atoms with E-state index >= 15 is 0 Å². The van der Waals surface area contributed by atoms with Gasteiger partial charge in [0, 0.05) is 31.6 Å². The number of likely N-dealkylation sites (tertiary alicyclic amines) is 1. The molecule has 0 spiro atoms. The summed E-state index contributed by atoms with van der Waals surface area (Å²) in [6, 6.07) is 4.47. The Bertz CT molecular complexity index is 1190. The molecule has 1 unspecified atom stereocenters. The molecular weight excluding hydrogens is 491 g/mol. The number of hydrogen-bond acceptors (Lipinski definition) is 7. The zero-order valence-electron chi connectivity index (χ0n) is 18.7. The van der Waals surface area contributed by atoms with E-state index in [1.807, 2.05) is 0 Å². The highest BCUT2D eigenvalue weighted by molar-refractivity contribution is 7.15. The van der Waals surface area contributed by atoms with E-state index in [2.05, 4.69) is 25.3 Å². The first-order chi connectivity index (χ1) is 16.4. The highest BCUT2D eigenvalue weighted by atomic mass is 32.1. The molecule has 186 valence electrons. The number of pyridine rings is 1. The van der Waals surface area contributed by atoms with Gasteiger partial charge in [-0.1, -0.05) is 13.0 Å². The fourth-order valence-electron chi connectivity index (χ4n) is 4.02. The molecule has 4 rings (SSSR count). The molecule has 0 aliphatic carbocycles. The van der Waals surface area contributed by atoms with Gasteiger partial charge in [0.15, 0.2) is 0 Å². The first kappa shape index (κ1) is 24.9. The smallest absolute Gasteiger partial charge is 0.352 e. The number of anilines is 1. The van der Waals surface area contributed by atoms with Gasteiger partial charge in [-0.15, -0.1) is 11.3 Å². The lowest BCUT2D eigenvalue weighted by Crippen LogP contribution is -2.57. The summed E-state index contributed by atoms with van der Waals surface area (Å²) in [6.45, 7) is 2.46. The number of carbonyl (C=O) groups is 1. The maximum absolute atomic E-state index is 14.5. The molecule has 3 aromatic heterocycles. The quantitative estimate of drug-likeness (QED) is 0.489. The normalized spacial score (nSPS) is 20.0. The minimum absolute atomic E-state index is 0.0314. The van der Waals surface area contributed by atoms with Crippen LogP contribution in [0, 0.1) is 12.8 Å². The number of piperidine rings is 1. The predicted octanol–water partition coefficient (Wildman–Crippen LogP) is 4.92. The zero-order valence-corrected chi connectivity index (χ0v) is 19.5. The summed E-state index contributed by atoms with van der Waals surface area (Å²) < 4.78 is 67.3. The van der Waals surface area contributed by atoms with Crippen molar-refractivity contribution >= 4 is 23.2 Å². The third-order valence-corrected chi connectivity index (χ3v) is 6.62. The largest absolute Gasteiger partial charge is 0.419 e. The molecule has 1 saturated heterocycles. The Labute approximate surface area is 201 Å². The highest BCUT2D eigenvalue weighted by Crippen LogP contribution is 2.37. The molecule has 0 saturated carbocycles. The van der Waals surface area contributed by atoms with Gasteiger partial charge in [0.2, 0.25) is 5.95 Å². The third kappa shape index (κ3) is 5.55. The molecule has 1 aliphatic rings. The number of thiazole rings is 1. The molecule has 1 fully saturated rings. The van der Waals surface area contributed by atoms with Crippen LogP contribution in [0.4, 0.5) is 27.9 Å². The second-order valence-corrected chi connectivity index (χ2v) is 9.54. The summed E-state index contributed by atoms with van der Waals surface area (Å²) in [7, 11) is 0. The Morgan fingerprint density at radius 2 is 1.94 bits per heavy atom. The maximum Gasteiger partial charge on any atom is 0.419 e. The molecule has 0 aromatic carbocycles. The van der Waals surface area contributed by atoms with Crippen LogP contribution in [0.3, 0.4) is 0 Å². The number of aryl methyl sites for hydroxylation is 1. The van der Waals surface area contributed by atoms with Gasteiger partial charge in [0.05, 0.1) is 33.7 Å². The number of rotatable bonds is 5. The summed E-state index contributed by atoms with van der Waals surface area (Å²) in [5.41, 5.74) is -0.468. The van der Waals surface area contributed by atoms with Crippen molar-refractivity contribution in [1.82, 2.24) is 24.8 Å². The fraction of sp³-hybridized carbons (Fsp3) is 0.409. The van der Waals surface area contributed by atoms with Gasteiger partial charge < -0.3 is 10.2 Å². The second-order valence-electron chi connectivity index (χ2n) is 8.34. The Morgan fingerprint density at radius 1 is 1.23 bits per heavy atom. The lowest BCUT2D eigenvalue weighted by atomic mass is 9.88. The van der Waals surface area contributed by atoms with Gasteiger partial charge in [0.25, 0.3) is 11.8 Å². The molecular formula is C22H21F5N6OS. The molecule has 4 heterocycles. The summed E-state index contributed by atoms with van der Waals surface area (Å²) in [5.74, 6) is -4.50. The van der Waals surface area contributed by atoms with Gasteiger partial charge in [-0.2, -0.15) is 13.2 Å². The van der Waals surface area contributed by atoms with Gasteiger partial charge >= 0.3 is 6.18 Å². The summed E-state index contributed by atoms with van der Waals surface area (Å²) in [5, 5.41) is 3.36.